The van der Waals surface area contributed by atoms with E-state index in [1.807, 2.05) is 42.5 Å². The second-order valence-electron chi connectivity index (χ2n) is 4.60. The summed E-state index contributed by atoms with van der Waals surface area (Å²) >= 11 is 0. The molecule has 0 saturated heterocycles. The molecule has 0 aliphatic heterocycles. The van der Waals surface area contributed by atoms with Crippen molar-refractivity contribution in [2.24, 2.45) is 0 Å². The smallest absolute Gasteiger partial charge is 0.397 e. The molecule has 1 amide bonds. The summed E-state index contributed by atoms with van der Waals surface area (Å²) < 4.78 is 10.0. The number of methoxy groups -OCH3 is 1. The standard InChI is InChI=1S/C17H17NO4/c1-21-15-9-5-8-14(10-15)11-18-16(19)17(20)22-12-13-6-3-2-4-7-13/h2-10H,11-12H2,1H3,(H,18,19). The Morgan fingerprint density at radius 2 is 1.73 bits per heavy atom. The van der Waals surface area contributed by atoms with Gasteiger partial charge >= 0.3 is 11.9 Å². The van der Waals surface area contributed by atoms with Gasteiger partial charge < -0.3 is 14.8 Å². The van der Waals surface area contributed by atoms with Gasteiger partial charge in [-0.2, -0.15) is 0 Å². The van der Waals surface area contributed by atoms with Crippen LogP contribution in [-0.4, -0.2) is 19.0 Å². The van der Waals surface area contributed by atoms with E-state index in [-0.39, 0.29) is 13.2 Å². The van der Waals surface area contributed by atoms with Crippen LogP contribution in [-0.2, 0) is 27.5 Å². The van der Waals surface area contributed by atoms with Crippen LogP contribution in [0.1, 0.15) is 11.1 Å². The van der Waals surface area contributed by atoms with Gasteiger partial charge in [-0.25, -0.2) is 4.79 Å². The van der Waals surface area contributed by atoms with Crippen LogP contribution in [0.25, 0.3) is 0 Å². The van der Waals surface area contributed by atoms with Crippen molar-refractivity contribution in [1.82, 2.24) is 5.32 Å². The largest absolute Gasteiger partial charge is 0.497 e. The molecule has 0 bridgehead atoms. The third kappa shape index (κ3) is 4.63. The van der Waals surface area contributed by atoms with Crippen LogP contribution < -0.4 is 10.1 Å². The fourth-order valence-corrected chi connectivity index (χ4v) is 1.83. The fraction of sp³-hybridized carbons (Fsp3) is 0.176. The van der Waals surface area contributed by atoms with E-state index in [9.17, 15) is 9.59 Å². The number of nitrogens with one attached hydrogen (secondary N) is 1. The zero-order valence-electron chi connectivity index (χ0n) is 12.2. The minimum atomic E-state index is -0.897. The third-order valence-corrected chi connectivity index (χ3v) is 2.99. The Kier molecular flexibility index (Phi) is 5.54. The van der Waals surface area contributed by atoms with Crippen LogP contribution in [0.2, 0.25) is 0 Å². The van der Waals surface area contributed by atoms with Gasteiger partial charge in [0.15, 0.2) is 0 Å². The van der Waals surface area contributed by atoms with Crippen LogP contribution in [0.15, 0.2) is 54.6 Å². The van der Waals surface area contributed by atoms with Crippen molar-refractivity contribution in [3.8, 4) is 5.75 Å². The molecule has 114 valence electrons. The van der Waals surface area contributed by atoms with Gasteiger partial charge in [0.2, 0.25) is 0 Å². The number of esters is 1. The SMILES string of the molecule is COc1cccc(CNC(=O)C(=O)OCc2ccccc2)c1. The average molecular weight is 299 g/mol. The topological polar surface area (TPSA) is 64.6 Å². The summed E-state index contributed by atoms with van der Waals surface area (Å²) in [6.45, 7) is 0.308. The highest BCUT2D eigenvalue weighted by Gasteiger charge is 2.14. The van der Waals surface area contributed by atoms with Gasteiger partial charge in [-0.05, 0) is 23.3 Å². The first-order chi connectivity index (χ1) is 10.7. The lowest BCUT2D eigenvalue weighted by Crippen LogP contribution is -2.31. The first-order valence-corrected chi connectivity index (χ1v) is 6.81. The molecule has 0 radical (unpaired) electrons. The fourth-order valence-electron chi connectivity index (χ4n) is 1.83. The summed E-state index contributed by atoms with van der Waals surface area (Å²) in [4.78, 5) is 23.3. The Bertz CT molecular complexity index is 640. The molecule has 2 aromatic rings. The molecule has 2 rings (SSSR count). The molecule has 5 nitrogen and oxygen atoms in total. The van der Waals surface area contributed by atoms with Gasteiger partial charge in [-0.15, -0.1) is 0 Å². The van der Waals surface area contributed by atoms with E-state index in [0.717, 1.165) is 11.1 Å². The van der Waals surface area contributed by atoms with Crippen molar-refractivity contribution in [3.05, 3.63) is 65.7 Å². The molecule has 0 aliphatic carbocycles. The summed E-state index contributed by atoms with van der Waals surface area (Å²) in [5.41, 5.74) is 1.67. The maximum Gasteiger partial charge on any atom is 0.397 e. The Hall–Kier alpha value is -2.82. The number of carbonyl (C=O) groups is 2. The maximum absolute atomic E-state index is 11.7. The quantitative estimate of drug-likeness (QED) is 0.678. The monoisotopic (exact) mass is 299 g/mol. The van der Waals surface area contributed by atoms with Gasteiger partial charge in [-0.1, -0.05) is 42.5 Å². The maximum atomic E-state index is 11.7. The van der Waals surface area contributed by atoms with Gasteiger partial charge in [0.1, 0.15) is 12.4 Å². The number of rotatable bonds is 5. The lowest BCUT2D eigenvalue weighted by molar-refractivity contribution is -0.155. The van der Waals surface area contributed by atoms with E-state index < -0.39 is 11.9 Å². The number of hydrogen-bond donors (Lipinski definition) is 1. The first-order valence-electron chi connectivity index (χ1n) is 6.81. The summed E-state index contributed by atoms with van der Waals surface area (Å²) in [6.07, 6.45) is 0. The van der Waals surface area contributed by atoms with Crippen molar-refractivity contribution in [1.29, 1.82) is 0 Å². The van der Waals surface area contributed by atoms with Crippen molar-refractivity contribution in [3.63, 3.8) is 0 Å². The molecule has 1 N–H and O–H groups in total. The minimum absolute atomic E-state index is 0.0756. The Morgan fingerprint density at radius 1 is 1.00 bits per heavy atom. The first kappa shape index (κ1) is 15.6. The number of carbonyl (C=O) groups excluding carboxylic acids is 2. The highest BCUT2D eigenvalue weighted by molar-refractivity contribution is 6.32. The van der Waals surface area contributed by atoms with Gasteiger partial charge in [0.25, 0.3) is 0 Å². The molecule has 0 fully saturated rings. The third-order valence-electron chi connectivity index (χ3n) is 2.99. The highest BCUT2D eigenvalue weighted by Crippen LogP contribution is 2.12. The van der Waals surface area contributed by atoms with Crippen LogP contribution in [0.4, 0.5) is 0 Å². The molecular weight excluding hydrogens is 282 g/mol. The number of hydrogen-bond acceptors (Lipinski definition) is 4. The summed E-state index contributed by atoms with van der Waals surface area (Å²) in [5.74, 6) is -0.969. The zero-order chi connectivity index (χ0) is 15.8. The Labute approximate surface area is 128 Å². The molecule has 0 heterocycles. The predicted molar refractivity (Wildman–Crippen MR) is 81.1 cm³/mol. The Balaban J connectivity index is 1.80. The zero-order valence-corrected chi connectivity index (χ0v) is 12.2. The van der Waals surface area contributed by atoms with Gasteiger partial charge in [-0.3, -0.25) is 4.79 Å². The molecule has 0 saturated carbocycles. The average Bonchev–Trinajstić information content (AvgIpc) is 2.58. The number of benzene rings is 2. The molecule has 0 spiro atoms. The van der Waals surface area contributed by atoms with Gasteiger partial charge in [0, 0.05) is 6.54 Å². The molecule has 0 atom stereocenters. The van der Waals surface area contributed by atoms with Crippen molar-refractivity contribution < 1.29 is 19.1 Å². The van der Waals surface area contributed by atoms with E-state index >= 15 is 0 Å². The number of ether oxygens (including phenoxy) is 2. The lowest BCUT2D eigenvalue weighted by atomic mass is 10.2. The van der Waals surface area contributed by atoms with E-state index in [4.69, 9.17) is 9.47 Å². The summed E-state index contributed by atoms with van der Waals surface area (Å²) in [7, 11) is 1.57. The van der Waals surface area contributed by atoms with E-state index in [2.05, 4.69) is 5.32 Å². The lowest BCUT2D eigenvalue weighted by Gasteiger charge is -2.07. The second-order valence-corrected chi connectivity index (χ2v) is 4.60. The van der Waals surface area contributed by atoms with E-state index in [1.54, 1.807) is 19.2 Å². The summed E-state index contributed by atoms with van der Waals surface area (Å²) in [6, 6.07) is 16.4. The molecule has 0 aromatic heterocycles. The van der Waals surface area contributed by atoms with E-state index in [0.29, 0.717) is 5.75 Å². The second kappa shape index (κ2) is 7.83. The van der Waals surface area contributed by atoms with Crippen molar-refractivity contribution >= 4 is 11.9 Å². The minimum Gasteiger partial charge on any atom is -0.497 e. The van der Waals surface area contributed by atoms with Crippen molar-refractivity contribution in [2.75, 3.05) is 7.11 Å². The molecule has 0 unspecified atom stereocenters. The van der Waals surface area contributed by atoms with Crippen LogP contribution >= 0.6 is 0 Å². The summed E-state index contributed by atoms with van der Waals surface area (Å²) in [5, 5.41) is 2.52. The molecule has 5 heteroatoms. The molecule has 22 heavy (non-hydrogen) atoms. The van der Waals surface area contributed by atoms with E-state index in [1.165, 1.54) is 0 Å². The van der Waals surface area contributed by atoms with Crippen LogP contribution in [0.5, 0.6) is 5.75 Å². The Morgan fingerprint density at radius 3 is 2.45 bits per heavy atom. The van der Waals surface area contributed by atoms with Crippen LogP contribution in [0, 0.1) is 0 Å². The van der Waals surface area contributed by atoms with Gasteiger partial charge in [0.05, 0.1) is 7.11 Å². The number of amides is 1. The van der Waals surface area contributed by atoms with Crippen molar-refractivity contribution in [2.45, 2.75) is 13.2 Å². The molecular formula is C17H17NO4. The highest BCUT2D eigenvalue weighted by atomic mass is 16.5. The molecule has 2 aromatic carbocycles. The normalized spacial score (nSPS) is 9.86. The van der Waals surface area contributed by atoms with Crippen LogP contribution in [0.3, 0.4) is 0 Å². The molecule has 0 aliphatic rings. The predicted octanol–water partition coefficient (Wildman–Crippen LogP) is 2.05.